The Morgan fingerprint density at radius 3 is 2.32 bits per heavy atom. The largest absolute Gasteiger partial charge is 0.493 e. The summed E-state index contributed by atoms with van der Waals surface area (Å²) in [6.45, 7) is 8.41. The molecule has 9 nitrogen and oxygen atoms in total. The number of nitrogens with zero attached hydrogens (tertiary/aromatic N) is 2. The molecule has 2 heterocycles. The van der Waals surface area contributed by atoms with Gasteiger partial charge in [-0.15, -0.1) is 0 Å². The van der Waals surface area contributed by atoms with E-state index in [9.17, 15) is 14.0 Å². The van der Waals surface area contributed by atoms with E-state index < -0.39 is 12.0 Å². The van der Waals surface area contributed by atoms with Crippen LogP contribution in [0.5, 0.6) is 23.0 Å². The highest BCUT2D eigenvalue weighted by molar-refractivity contribution is 9.10. The van der Waals surface area contributed by atoms with Crippen molar-refractivity contribution in [2.24, 2.45) is 4.99 Å². The molecule has 1 aromatic heterocycles. The molecule has 246 valence electrons. The molecule has 1 atom stereocenters. The Morgan fingerprint density at radius 1 is 0.957 bits per heavy atom. The Morgan fingerprint density at radius 2 is 1.66 bits per heavy atom. The maximum atomic E-state index is 14.2. The number of hydrogen-bond donors (Lipinski definition) is 0. The van der Waals surface area contributed by atoms with Gasteiger partial charge in [0.05, 0.1) is 48.8 Å². The van der Waals surface area contributed by atoms with Crippen LogP contribution >= 0.6 is 27.3 Å². The topological polar surface area (TPSA) is 97.6 Å². The first kappa shape index (κ1) is 33.9. The van der Waals surface area contributed by atoms with Gasteiger partial charge < -0.3 is 23.7 Å². The second-order valence-corrected chi connectivity index (χ2v) is 12.2. The number of methoxy groups -OCH3 is 1. The van der Waals surface area contributed by atoms with Gasteiger partial charge in [-0.1, -0.05) is 45.5 Å². The smallest absolute Gasteiger partial charge is 0.338 e. The molecule has 12 heteroatoms. The van der Waals surface area contributed by atoms with Crippen molar-refractivity contribution in [3.8, 4) is 23.0 Å². The molecule has 0 bridgehead atoms. The number of thiazole rings is 1. The molecule has 3 aromatic carbocycles. The lowest BCUT2D eigenvalue weighted by Gasteiger charge is -2.26. The van der Waals surface area contributed by atoms with Crippen LogP contribution in [0, 0.1) is 5.82 Å². The molecular formula is C35H34BrFN2O7S. The van der Waals surface area contributed by atoms with E-state index in [1.54, 1.807) is 56.3 Å². The van der Waals surface area contributed by atoms with Crippen molar-refractivity contribution >= 4 is 39.3 Å². The van der Waals surface area contributed by atoms with Gasteiger partial charge in [-0.05, 0) is 86.9 Å². The van der Waals surface area contributed by atoms with E-state index in [4.69, 9.17) is 23.7 Å². The van der Waals surface area contributed by atoms with Gasteiger partial charge in [0.25, 0.3) is 5.56 Å². The highest BCUT2D eigenvalue weighted by Crippen LogP contribution is 2.41. The molecule has 0 unspecified atom stereocenters. The molecular weight excluding hydrogens is 691 g/mol. The first-order valence-corrected chi connectivity index (χ1v) is 16.6. The number of carbonyl (C=O) groups excluding carboxylic acids is 1. The minimum Gasteiger partial charge on any atom is -0.493 e. The Balaban J connectivity index is 1.60. The number of halogens is 2. The fourth-order valence-electron chi connectivity index (χ4n) is 5.17. The normalized spacial score (nSPS) is 14.4. The third-order valence-corrected chi connectivity index (χ3v) is 8.94. The summed E-state index contributed by atoms with van der Waals surface area (Å²) in [6, 6.07) is 14.1. The molecule has 1 aliphatic heterocycles. The summed E-state index contributed by atoms with van der Waals surface area (Å²) in [6.07, 6.45) is 1.75. The molecule has 47 heavy (non-hydrogen) atoms. The fourth-order valence-corrected chi connectivity index (χ4v) is 6.75. The first-order chi connectivity index (χ1) is 22.7. The summed E-state index contributed by atoms with van der Waals surface area (Å²) >= 11 is 4.86. The van der Waals surface area contributed by atoms with Gasteiger partial charge >= 0.3 is 5.97 Å². The van der Waals surface area contributed by atoms with Crippen molar-refractivity contribution in [1.82, 2.24) is 4.57 Å². The second-order valence-electron chi connectivity index (χ2n) is 10.3. The van der Waals surface area contributed by atoms with E-state index >= 15 is 0 Å². The summed E-state index contributed by atoms with van der Waals surface area (Å²) in [5.41, 5.74) is 2.48. The van der Waals surface area contributed by atoms with Crippen molar-refractivity contribution < 1.29 is 32.9 Å². The second kappa shape index (κ2) is 15.0. The number of esters is 1. The monoisotopic (exact) mass is 724 g/mol. The number of carbonyl (C=O) groups is 1. The molecule has 0 N–H and O–H groups in total. The van der Waals surface area contributed by atoms with Crippen LogP contribution in [0.3, 0.4) is 0 Å². The van der Waals surface area contributed by atoms with Crippen LogP contribution in [-0.4, -0.2) is 37.5 Å². The first-order valence-electron chi connectivity index (χ1n) is 15.0. The van der Waals surface area contributed by atoms with Crippen LogP contribution in [0.1, 0.15) is 50.4 Å². The number of ether oxygens (including phenoxy) is 5. The number of hydrogen-bond acceptors (Lipinski definition) is 9. The summed E-state index contributed by atoms with van der Waals surface area (Å²) in [5.74, 6) is 1.11. The zero-order chi connectivity index (χ0) is 33.7. The minimum atomic E-state index is -0.854. The third kappa shape index (κ3) is 7.28. The maximum absolute atomic E-state index is 14.2. The van der Waals surface area contributed by atoms with Crippen molar-refractivity contribution in [3.63, 3.8) is 0 Å². The number of aromatic nitrogens is 1. The fraction of sp³-hybridized carbons (Fsp3) is 0.286. The summed E-state index contributed by atoms with van der Waals surface area (Å²) in [4.78, 5) is 32.6. The van der Waals surface area contributed by atoms with Crippen LogP contribution in [0.4, 0.5) is 4.39 Å². The molecule has 0 saturated heterocycles. The predicted octanol–water partition coefficient (Wildman–Crippen LogP) is 6.08. The van der Waals surface area contributed by atoms with E-state index in [2.05, 4.69) is 20.9 Å². The molecule has 0 spiro atoms. The average Bonchev–Trinajstić information content (AvgIpc) is 3.35. The Bertz CT molecular complexity index is 2000. The van der Waals surface area contributed by atoms with Gasteiger partial charge in [0, 0.05) is 4.47 Å². The van der Waals surface area contributed by atoms with Gasteiger partial charge in [0.15, 0.2) is 27.8 Å². The summed E-state index contributed by atoms with van der Waals surface area (Å²) in [7, 11) is 1.53. The van der Waals surface area contributed by atoms with E-state index in [1.165, 1.54) is 35.1 Å². The molecule has 0 amide bonds. The van der Waals surface area contributed by atoms with Gasteiger partial charge in [-0.3, -0.25) is 9.36 Å². The van der Waals surface area contributed by atoms with Crippen molar-refractivity contribution in [2.75, 3.05) is 26.9 Å². The molecule has 5 rings (SSSR count). The lowest BCUT2D eigenvalue weighted by molar-refractivity contribution is -0.139. The molecule has 0 radical (unpaired) electrons. The van der Waals surface area contributed by atoms with Gasteiger partial charge in [0.2, 0.25) is 0 Å². The molecule has 4 aromatic rings. The lowest BCUT2D eigenvalue weighted by atomic mass is 9.95. The van der Waals surface area contributed by atoms with E-state index in [0.717, 1.165) is 5.56 Å². The minimum absolute atomic E-state index is 0.159. The van der Waals surface area contributed by atoms with Gasteiger partial charge in [0.1, 0.15) is 12.4 Å². The Labute approximate surface area is 283 Å². The third-order valence-electron chi connectivity index (χ3n) is 7.27. The van der Waals surface area contributed by atoms with Gasteiger partial charge in [-0.25, -0.2) is 14.2 Å². The van der Waals surface area contributed by atoms with Crippen LogP contribution in [-0.2, 0) is 16.1 Å². The quantitative estimate of drug-likeness (QED) is 0.163. The van der Waals surface area contributed by atoms with Crippen LogP contribution in [0.15, 0.2) is 80.1 Å². The highest BCUT2D eigenvalue weighted by Gasteiger charge is 2.35. The standard InChI is InChI=1S/C35H34BrFN2O7S/c1-6-43-28-15-22(11-14-26(28)46-19-21-9-12-23(37)13-10-21)16-30-33(40)39-32(24-17-27(42-5)29(44-7-2)18-25(24)36)31(34(41)45-8-3)20(4)38-35(39)47-30/h9-18,32H,6-8,19H2,1-5H3/b30-16+/t32-/m1/s1. The Hall–Kier alpha value is -4.42. The highest BCUT2D eigenvalue weighted by atomic mass is 79.9. The molecule has 1 aliphatic rings. The van der Waals surface area contributed by atoms with E-state index in [1.807, 2.05) is 19.9 Å². The van der Waals surface area contributed by atoms with Crippen LogP contribution in [0.25, 0.3) is 6.08 Å². The Kier molecular flexibility index (Phi) is 10.8. The summed E-state index contributed by atoms with van der Waals surface area (Å²) in [5, 5.41) is 0. The van der Waals surface area contributed by atoms with Gasteiger partial charge in [-0.2, -0.15) is 0 Å². The molecule has 0 aliphatic carbocycles. The summed E-state index contributed by atoms with van der Waals surface area (Å²) < 4.78 is 44.5. The van der Waals surface area contributed by atoms with E-state index in [0.29, 0.717) is 66.8 Å². The number of benzene rings is 3. The SMILES string of the molecule is CCOC(=O)C1=C(C)N=c2s/c(=C/c3ccc(OCc4ccc(F)cc4)c(OCC)c3)c(=O)n2[C@@H]1c1cc(OC)c(OCC)cc1Br. The molecule has 0 saturated carbocycles. The van der Waals surface area contributed by atoms with Crippen molar-refractivity contribution in [1.29, 1.82) is 0 Å². The van der Waals surface area contributed by atoms with Crippen LogP contribution in [0.2, 0.25) is 0 Å². The van der Waals surface area contributed by atoms with Crippen LogP contribution < -0.4 is 33.8 Å². The zero-order valence-corrected chi connectivity index (χ0v) is 29.0. The molecule has 0 fully saturated rings. The lowest BCUT2D eigenvalue weighted by Crippen LogP contribution is -2.40. The average molecular weight is 726 g/mol. The van der Waals surface area contributed by atoms with E-state index in [-0.39, 0.29) is 30.2 Å². The number of rotatable bonds is 12. The predicted molar refractivity (Wildman–Crippen MR) is 181 cm³/mol. The maximum Gasteiger partial charge on any atom is 0.338 e. The zero-order valence-electron chi connectivity index (χ0n) is 26.6. The number of fused-ring (bicyclic) bond motifs is 1. The van der Waals surface area contributed by atoms with Crippen molar-refractivity contribution in [3.05, 3.63) is 113 Å². The number of allylic oxidation sites excluding steroid dienone is 1. The van der Waals surface area contributed by atoms with Crippen molar-refractivity contribution in [2.45, 2.75) is 40.3 Å².